The molecule has 78 valence electrons. The molecule has 2 heteroatoms. The van der Waals surface area contributed by atoms with Crippen molar-refractivity contribution in [1.29, 1.82) is 0 Å². The zero-order chi connectivity index (χ0) is 10.4. The van der Waals surface area contributed by atoms with Crippen molar-refractivity contribution in [3.05, 3.63) is 29.8 Å². The van der Waals surface area contributed by atoms with Gasteiger partial charge in [0, 0.05) is 10.9 Å². The van der Waals surface area contributed by atoms with E-state index in [1.807, 2.05) is 0 Å². The smallest absolute Gasteiger partial charge is 0.00693 e. The van der Waals surface area contributed by atoms with Crippen molar-refractivity contribution in [3.63, 3.8) is 0 Å². The van der Waals surface area contributed by atoms with Gasteiger partial charge in [-0.3, -0.25) is 0 Å². The van der Waals surface area contributed by atoms with E-state index in [0.29, 0.717) is 6.04 Å². The number of hydrogen-bond acceptors (Lipinski definition) is 2. The van der Waals surface area contributed by atoms with Gasteiger partial charge in [0.05, 0.1) is 0 Å². The summed E-state index contributed by atoms with van der Waals surface area (Å²) in [5, 5.41) is 0. The Morgan fingerprint density at radius 2 is 1.93 bits per heavy atom. The van der Waals surface area contributed by atoms with Gasteiger partial charge in [0.1, 0.15) is 0 Å². The molecule has 1 aromatic rings. The van der Waals surface area contributed by atoms with Crippen LogP contribution in [0.25, 0.3) is 0 Å². The first-order chi connectivity index (χ1) is 6.76. The third kappa shape index (κ3) is 3.72. The molecule has 0 amide bonds. The molecule has 0 radical (unpaired) electrons. The van der Waals surface area contributed by atoms with Crippen LogP contribution < -0.4 is 5.73 Å². The van der Waals surface area contributed by atoms with E-state index in [1.165, 1.54) is 10.5 Å². The summed E-state index contributed by atoms with van der Waals surface area (Å²) in [6, 6.07) is 9.12. The van der Waals surface area contributed by atoms with Gasteiger partial charge >= 0.3 is 0 Å². The molecular weight excluding hydrogens is 190 g/mol. The van der Waals surface area contributed by atoms with Crippen LogP contribution in [0.3, 0.4) is 0 Å². The van der Waals surface area contributed by atoms with Gasteiger partial charge in [-0.05, 0) is 43.2 Å². The SMILES string of the molecule is CCC(N)CCc1ccc(SC)cc1. The maximum atomic E-state index is 5.87. The van der Waals surface area contributed by atoms with Crippen LogP contribution in [0.15, 0.2) is 29.2 Å². The minimum Gasteiger partial charge on any atom is -0.328 e. The van der Waals surface area contributed by atoms with Crippen LogP contribution >= 0.6 is 11.8 Å². The fourth-order valence-electron chi connectivity index (χ4n) is 1.35. The van der Waals surface area contributed by atoms with E-state index < -0.39 is 0 Å². The van der Waals surface area contributed by atoms with Crippen LogP contribution in [0.4, 0.5) is 0 Å². The Kier molecular flexibility index (Phi) is 5.05. The predicted octanol–water partition coefficient (Wildman–Crippen LogP) is 3.08. The lowest BCUT2D eigenvalue weighted by Crippen LogP contribution is -2.18. The van der Waals surface area contributed by atoms with Crippen molar-refractivity contribution in [2.75, 3.05) is 6.26 Å². The third-order valence-electron chi connectivity index (χ3n) is 2.49. The largest absolute Gasteiger partial charge is 0.328 e. The topological polar surface area (TPSA) is 26.0 Å². The van der Waals surface area contributed by atoms with Crippen LogP contribution in [-0.2, 0) is 6.42 Å². The van der Waals surface area contributed by atoms with E-state index in [2.05, 4.69) is 37.4 Å². The molecule has 14 heavy (non-hydrogen) atoms. The lowest BCUT2D eigenvalue weighted by atomic mass is 10.0. The molecule has 0 aliphatic heterocycles. The first-order valence-electron chi connectivity index (χ1n) is 5.14. The number of aryl methyl sites for hydroxylation is 1. The molecule has 0 bridgehead atoms. The summed E-state index contributed by atoms with van der Waals surface area (Å²) in [6.07, 6.45) is 5.36. The monoisotopic (exact) mass is 209 g/mol. The van der Waals surface area contributed by atoms with Gasteiger partial charge in [-0.1, -0.05) is 19.1 Å². The quantitative estimate of drug-likeness (QED) is 0.754. The first kappa shape index (κ1) is 11.6. The van der Waals surface area contributed by atoms with Crippen LogP contribution in [0, 0.1) is 0 Å². The summed E-state index contributed by atoms with van der Waals surface area (Å²) in [5.74, 6) is 0. The highest BCUT2D eigenvalue weighted by Gasteiger charge is 2.00. The van der Waals surface area contributed by atoms with E-state index in [1.54, 1.807) is 11.8 Å². The Hall–Kier alpha value is -0.470. The summed E-state index contributed by atoms with van der Waals surface area (Å²) in [4.78, 5) is 1.33. The van der Waals surface area contributed by atoms with Crippen molar-refractivity contribution in [2.24, 2.45) is 5.73 Å². The van der Waals surface area contributed by atoms with Gasteiger partial charge in [-0.15, -0.1) is 11.8 Å². The molecule has 0 spiro atoms. The van der Waals surface area contributed by atoms with Gasteiger partial charge < -0.3 is 5.73 Å². The van der Waals surface area contributed by atoms with E-state index in [0.717, 1.165) is 19.3 Å². The molecule has 0 saturated heterocycles. The van der Waals surface area contributed by atoms with E-state index in [4.69, 9.17) is 5.73 Å². The average molecular weight is 209 g/mol. The lowest BCUT2D eigenvalue weighted by Gasteiger charge is -2.08. The minimum absolute atomic E-state index is 0.357. The first-order valence-corrected chi connectivity index (χ1v) is 6.37. The fourth-order valence-corrected chi connectivity index (χ4v) is 1.76. The molecule has 1 unspecified atom stereocenters. The highest BCUT2D eigenvalue weighted by atomic mass is 32.2. The van der Waals surface area contributed by atoms with Gasteiger partial charge in [0.2, 0.25) is 0 Å². The number of hydrogen-bond donors (Lipinski definition) is 1. The zero-order valence-corrected chi connectivity index (χ0v) is 9.81. The second-order valence-electron chi connectivity index (χ2n) is 3.56. The molecule has 0 heterocycles. The molecule has 1 rings (SSSR count). The van der Waals surface area contributed by atoms with E-state index in [-0.39, 0.29) is 0 Å². The van der Waals surface area contributed by atoms with Crippen molar-refractivity contribution in [2.45, 2.75) is 37.1 Å². The summed E-state index contributed by atoms with van der Waals surface area (Å²) in [5.41, 5.74) is 7.27. The number of benzene rings is 1. The Bertz CT molecular complexity index is 256. The molecule has 0 fully saturated rings. The van der Waals surface area contributed by atoms with E-state index >= 15 is 0 Å². The Morgan fingerprint density at radius 1 is 1.29 bits per heavy atom. The molecular formula is C12H19NS. The highest BCUT2D eigenvalue weighted by molar-refractivity contribution is 7.98. The van der Waals surface area contributed by atoms with Crippen LogP contribution in [0.1, 0.15) is 25.3 Å². The van der Waals surface area contributed by atoms with Crippen molar-refractivity contribution in [3.8, 4) is 0 Å². The molecule has 0 saturated carbocycles. The van der Waals surface area contributed by atoms with Gasteiger partial charge in [-0.25, -0.2) is 0 Å². The number of nitrogens with two attached hydrogens (primary N) is 1. The maximum Gasteiger partial charge on any atom is 0.00693 e. The molecule has 0 aromatic heterocycles. The fraction of sp³-hybridized carbons (Fsp3) is 0.500. The van der Waals surface area contributed by atoms with Crippen LogP contribution in [0.2, 0.25) is 0 Å². The minimum atomic E-state index is 0.357. The zero-order valence-electron chi connectivity index (χ0n) is 8.99. The molecule has 0 aliphatic rings. The molecule has 1 nitrogen and oxygen atoms in total. The lowest BCUT2D eigenvalue weighted by molar-refractivity contribution is 0.596. The maximum absolute atomic E-state index is 5.87. The Morgan fingerprint density at radius 3 is 2.43 bits per heavy atom. The third-order valence-corrected chi connectivity index (χ3v) is 3.23. The normalized spacial score (nSPS) is 12.8. The highest BCUT2D eigenvalue weighted by Crippen LogP contribution is 2.15. The predicted molar refractivity (Wildman–Crippen MR) is 64.8 cm³/mol. The second-order valence-corrected chi connectivity index (χ2v) is 4.43. The summed E-state index contributed by atoms with van der Waals surface area (Å²) in [6.45, 7) is 2.14. The molecule has 0 aliphatic carbocycles. The summed E-state index contributed by atoms with van der Waals surface area (Å²) < 4.78 is 0. The van der Waals surface area contributed by atoms with Crippen molar-refractivity contribution >= 4 is 11.8 Å². The standard InChI is InChI=1S/C12H19NS/c1-3-11(13)7-4-10-5-8-12(14-2)9-6-10/h5-6,8-9,11H,3-4,7,13H2,1-2H3. The second kappa shape index (κ2) is 6.10. The number of rotatable bonds is 5. The van der Waals surface area contributed by atoms with Crippen molar-refractivity contribution < 1.29 is 0 Å². The Balaban J connectivity index is 2.43. The summed E-state index contributed by atoms with van der Waals surface area (Å²) >= 11 is 1.78. The molecule has 1 aromatic carbocycles. The summed E-state index contributed by atoms with van der Waals surface area (Å²) in [7, 11) is 0. The van der Waals surface area contributed by atoms with Crippen molar-refractivity contribution in [1.82, 2.24) is 0 Å². The average Bonchev–Trinajstić information content (AvgIpc) is 2.26. The van der Waals surface area contributed by atoms with Crippen LogP contribution in [0.5, 0.6) is 0 Å². The number of thioether (sulfide) groups is 1. The van der Waals surface area contributed by atoms with Crippen LogP contribution in [-0.4, -0.2) is 12.3 Å². The van der Waals surface area contributed by atoms with Gasteiger partial charge in [0.25, 0.3) is 0 Å². The van der Waals surface area contributed by atoms with Gasteiger partial charge in [-0.2, -0.15) is 0 Å². The Labute approximate surface area is 91.1 Å². The molecule has 1 atom stereocenters. The molecule has 2 N–H and O–H groups in total. The van der Waals surface area contributed by atoms with E-state index in [9.17, 15) is 0 Å². The van der Waals surface area contributed by atoms with Gasteiger partial charge in [0.15, 0.2) is 0 Å².